The highest BCUT2D eigenvalue weighted by Crippen LogP contribution is 2.24. The van der Waals surface area contributed by atoms with Gasteiger partial charge >= 0.3 is 18.2 Å². The zero-order valence-corrected chi connectivity index (χ0v) is 17.1. The summed E-state index contributed by atoms with van der Waals surface area (Å²) in [7, 11) is 0. The average Bonchev–Trinajstić information content (AvgIpc) is 2.89. The highest BCUT2D eigenvalue weighted by Gasteiger charge is 2.41. The fourth-order valence-electron chi connectivity index (χ4n) is 2.60. The molecule has 9 heteroatoms. The molecule has 1 aromatic rings. The molecule has 0 aromatic carbocycles. The van der Waals surface area contributed by atoms with Crippen LogP contribution < -0.4 is 0 Å². The number of hydrogen-bond acceptors (Lipinski definition) is 6. The van der Waals surface area contributed by atoms with Crippen molar-refractivity contribution in [3.8, 4) is 0 Å². The van der Waals surface area contributed by atoms with Gasteiger partial charge in [-0.2, -0.15) is 0 Å². The van der Waals surface area contributed by atoms with Gasteiger partial charge in [0, 0.05) is 13.1 Å². The lowest BCUT2D eigenvalue weighted by Gasteiger charge is -2.45. The van der Waals surface area contributed by atoms with Crippen LogP contribution in [0.1, 0.15) is 57.7 Å². The van der Waals surface area contributed by atoms with Crippen LogP contribution in [0.25, 0.3) is 0 Å². The summed E-state index contributed by atoms with van der Waals surface area (Å²) in [6, 6.07) is 0.993. The molecule has 1 saturated heterocycles. The number of aromatic carboxylic acids is 1. The molecule has 9 nitrogen and oxygen atoms in total. The molecule has 1 aliphatic heterocycles. The fraction of sp³-hybridized carbons (Fsp3) is 0.632. The Morgan fingerprint density at radius 3 is 2.21 bits per heavy atom. The van der Waals surface area contributed by atoms with Crippen LogP contribution in [-0.4, -0.2) is 63.4 Å². The Hall–Kier alpha value is -2.71. The Kier molecular flexibility index (Phi) is 5.96. The van der Waals surface area contributed by atoms with Gasteiger partial charge in [0.1, 0.15) is 22.5 Å². The summed E-state index contributed by atoms with van der Waals surface area (Å²) in [6.45, 7) is 11.0. The fourth-order valence-corrected chi connectivity index (χ4v) is 2.60. The zero-order chi connectivity index (χ0) is 21.3. The molecule has 1 aliphatic rings. The highest BCUT2D eigenvalue weighted by molar-refractivity contribution is 5.88. The van der Waals surface area contributed by atoms with E-state index in [1.165, 1.54) is 22.1 Å². The molecule has 0 bridgehead atoms. The number of hydrogen-bond donors (Lipinski definition) is 1. The van der Waals surface area contributed by atoms with Crippen molar-refractivity contribution >= 4 is 18.2 Å². The molecule has 1 fully saturated rings. The maximum absolute atomic E-state index is 12.7. The smallest absolute Gasteiger partial charge is 0.411 e. The Morgan fingerprint density at radius 2 is 1.71 bits per heavy atom. The molecule has 1 aromatic heterocycles. The lowest BCUT2D eigenvalue weighted by atomic mass is 10.1. The van der Waals surface area contributed by atoms with Crippen molar-refractivity contribution in [2.45, 2.75) is 65.3 Å². The second-order valence-corrected chi connectivity index (χ2v) is 8.71. The molecule has 1 N–H and O–H groups in total. The van der Waals surface area contributed by atoms with Crippen molar-refractivity contribution in [2.75, 3.05) is 13.1 Å². The first-order valence-electron chi connectivity index (χ1n) is 9.04. The first-order chi connectivity index (χ1) is 12.8. The van der Waals surface area contributed by atoms with Crippen LogP contribution in [0.3, 0.4) is 0 Å². The minimum Gasteiger partial charge on any atom is -0.478 e. The highest BCUT2D eigenvalue weighted by atomic mass is 16.6. The van der Waals surface area contributed by atoms with Gasteiger partial charge in [-0.1, -0.05) is 0 Å². The number of carbonyl (C=O) groups excluding carboxylic acids is 2. The van der Waals surface area contributed by atoms with Crippen molar-refractivity contribution in [3.63, 3.8) is 0 Å². The van der Waals surface area contributed by atoms with Crippen molar-refractivity contribution in [2.24, 2.45) is 0 Å². The number of amides is 2. The van der Waals surface area contributed by atoms with E-state index < -0.39 is 29.4 Å². The summed E-state index contributed by atoms with van der Waals surface area (Å²) in [5, 5.41) is 9.26. The molecule has 0 radical (unpaired) electrons. The molecule has 2 heterocycles. The molecular weight excluding hydrogens is 368 g/mol. The Morgan fingerprint density at radius 1 is 1.14 bits per heavy atom. The van der Waals surface area contributed by atoms with Crippen LogP contribution >= 0.6 is 0 Å². The molecule has 2 amide bonds. The Balaban J connectivity index is 2.12. The van der Waals surface area contributed by atoms with E-state index in [9.17, 15) is 19.5 Å². The van der Waals surface area contributed by atoms with Gasteiger partial charge in [0.05, 0.1) is 18.8 Å². The van der Waals surface area contributed by atoms with E-state index in [1.807, 2.05) is 0 Å². The molecular formula is C19H28N2O7. The predicted molar refractivity (Wildman–Crippen MR) is 99.0 cm³/mol. The first-order valence-corrected chi connectivity index (χ1v) is 9.04. The number of carbonyl (C=O) groups is 3. The van der Waals surface area contributed by atoms with E-state index in [-0.39, 0.29) is 37.0 Å². The summed E-state index contributed by atoms with van der Waals surface area (Å²) >= 11 is 0. The molecule has 0 atom stereocenters. The third-order valence-electron chi connectivity index (χ3n) is 3.87. The zero-order valence-electron chi connectivity index (χ0n) is 17.1. The van der Waals surface area contributed by atoms with E-state index in [0.717, 1.165) is 0 Å². The summed E-state index contributed by atoms with van der Waals surface area (Å²) in [6.07, 6.45) is 0.200. The van der Waals surface area contributed by atoms with E-state index in [1.54, 1.807) is 41.5 Å². The molecule has 0 aliphatic carbocycles. The van der Waals surface area contributed by atoms with Gasteiger partial charge in [0.2, 0.25) is 0 Å². The van der Waals surface area contributed by atoms with Crippen LogP contribution in [-0.2, 0) is 16.0 Å². The SMILES string of the molecule is CC(C)(C)OC(=O)N1CC(N(Cc2occc2C(=O)O)C(=O)OC(C)(C)C)C1. The van der Waals surface area contributed by atoms with Gasteiger partial charge in [0.25, 0.3) is 0 Å². The minimum absolute atomic E-state index is 0.0168. The van der Waals surface area contributed by atoms with Crippen LogP contribution in [0.4, 0.5) is 9.59 Å². The number of nitrogens with zero attached hydrogens (tertiary/aromatic N) is 2. The minimum atomic E-state index is -1.14. The van der Waals surface area contributed by atoms with E-state index in [4.69, 9.17) is 13.9 Å². The number of likely N-dealkylation sites (tertiary alicyclic amines) is 1. The quantitative estimate of drug-likeness (QED) is 0.831. The third kappa shape index (κ3) is 5.64. The predicted octanol–water partition coefficient (Wildman–Crippen LogP) is 3.33. The van der Waals surface area contributed by atoms with Crippen LogP contribution in [0.15, 0.2) is 16.7 Å². The maximum Gasteiger partial charge on any atom is 0.411 e. The van der Waals surface area contributed by atoms with Gasteiger partial charge in [-0.15, -0.1) is 0 Å². The second-order valence-electron chi connectivity index (χ2n) is 8.71. The molecule has 2 rings (SSSR count). The molecule has 156 valence electrons. The monoisotopic (exact) mass is 396 g/mol. The van der Waals surface area contributed by atoms with Crippen LogP contribution in [0.5, 0.6) is 0 Å². The topological polar surface area (TPSA) is 110 Å². The first kappa shape index (κ1) is 21.6. The standard InChI is InChI=1S/C19H28N2O7/c1-18(2,3)27-16(24)20-9-12(10-20)21(17(25)28-19(4,5)6)11-14-13(15(22)23)7-8-26-14/h7-8,12H,9-11H2,1-6H3,(H,22,23). The molecule has 0 spiro atoms. The van der Waals surface area contributed by atoms with E-state index in [2.05, 4.69) is 0 Å². The van der Waals surface area contributed by atoms with Gasteiger partial charge in [-0.3, -0.25) is 4.90 Å². The normalized spacial score (nSPS) is 15.0. The second kappa shape index (κ2) is 7.73. The summed E-state index contributed by atoms with van der Waals surface area (Å²) < 4.78 is 16.0. The van der Waals surface area contributed by atoms with E-state index >= 15 is 0 Å². The number of ether oxygens (including phenoxy) is 2. The molecule has 28 heavy (non-hydrogen) atoms. The van der Waals surface area contributed by atoms with Crippen LogP contribution in [0, 0.1) is 0 Å². The summed E-state index contributed by atoms with van der Waals surface area (Å²) in [5.41, 5.74) is -1.35. The lowest BCUT2D eigenvalue weighted by Crippen LogP contribution is -2.63. The van der Waals surface area contributed by atoms with Gasteiger partial charge in [-0.05, 0) is 47.6 Å². The van der Waals surface area contributed by atoms with Gasteiger partial charge < -0.3 is 23.9 Å². The lowest BCUT2D eigenvalue weighted by molar-refractivity contribution is -0.0319. The molecule has 0 unspecified atom stereocenters. The largest absolute Gasteiger partial charge is 0.478 e. The number of carboxylic acids is 1. The number of rotatable bonds is 4. The number of carboxylic acid groups (broad SMARTS) is 1. The Bertz CT molecular complexity index is 736. The Labute approximate surface area is 164 Å². The summed E-state index contributed by atoms with van der Waals surface area (Å²) in [5.74, 6) is -0.994. The van der Waals surface area contributed by atoms with Crippen LogP contribution in [0.2, 0.25) is 0 Å². The van der Waals surface area contributed by atoms with Crippen molar-refractivity contribution in [1.29, 1.82) is 0 Å². The maximum atomic E-state index is 12.7. The summed E-state index contributed by atoms with van der Waals surface area (Å²) in [4.78, 5) is 39.0. The average molecular weight is 396 g/mol. The van der Waals surface area contributed by atoms with Crippen molar-refractivity contribution in [1.82, 2.24) is 9.80 Å². The van der Waals surface area contributed by atoms with Crippen molar-refractivity contribution in [3.05, 3.63) is 23.7 Å². The van der Waals surface area contributed by atoms with Gasteiger partial charge in [0.15, 0.2) is 0 Å². The van der Waals surface area contributed by atoms with E-state index in [0.29, 0.717) is 0 Å². The number of furan rings is 1. The molecule has 0 saturated carbocycles. The van der Waals surface area contributed by atoms with Gasteiger partial charge in [-0.25, -0.2) is 14.4 Å². The third-order valence-corrected chi connectivity index (χ3v) is 3.87. The van der Waals surface area contributed by atoms with Crippen molar-refractivity contribution < 1.29 is 33.4 Å².